The summed E-state index contributed by atoms with van der Waals surface area (Å²) in [5, 5.41) is 15.3. The second kappa shape index (κ2) is 8.24. The van der Waals surface area contributed by atoms with Crippen molar-refractivity contribution in [3.8, 4) is 5.88 Å². The summed E-state index contributed by atoms with van der Waals surface area (Å²) >= 11 is 0.953. The Morgan fingerprint density at radius 2 is 2.00 bits per heavy atom. The Morgan fingerprint density at radius 1 is 1.21 bits per heavy atom. The number of hydrogen-bond donors (Lipinski definition) is 2. The number of fused-ring (bicyclic) bond motifs is 1. The number of nitrogens with one attached hydrogen (secondary N) is 1. The lowest BCUT2D eigenvalue weighted by Gasteiger charge is -2.36. The van der Waals surface area contributed by atoms with Crippen LogP contribution in [0, 0.1) is 6.92 Å². The summed E-state index contributed by atoms with van der Waals surface area (Å²) in [6, 6.07) is 6.31. The summed E-state index contributed by atoms with van der Waals surface area (Å²) < 4.78 is 1.78. The van der Waals surface area contributed by atoms with Crippen LogP contribution in [0.2, 0.25) is 0 Å². The minimum atomic E-state index is -0.306. The van der Waals surface area contributed by atoms with Gasteiger partial charge in [0.15, 0.2) is 11.1 Å². The molecule has 4 aromatic heterocycles. The Hall–Kier alpha value is -3.73. The van der Waals surface area contributed by atoms with Crippen LogP contribution in [0.5, 0.6) is 5.88 Å². The van der Waals surface area contributed by atoms with E-state index < -0.39 is 0 Å². The first-order valence-electron chi connectivity index (χ1n) is 11.3. The van der Waals surface area contributed by atoms with E-state index in [2.05, 4.69) is 31.8 Å². The van der Waals surface area contributed by atoms with E-state index in [0.29, 0.717) is 16.6 Å². The van der Waals surface area contributed by atoms with Crippen LogP contribution in [0.15, 0.2) is 40.4 Å². The molecule has 10 nitrogen and oxygen atoms in total. The maximum atomic E-state index is 11.6. The third-order valence-corrected chi connectivity index (χ3v) is 7.02. The number of anilines is 2. The molecule has 0 amide bonds. The van der Waals surface area contributed by atoms with Crippen molar-refractivity contribution in [3.05, 3.63) is 61.4 Å². The molecule has 6 rings (SSSR count). The normalized spacial score (nSPS) is 17.8. The molecule has 4 aromatic rings. The molecule has 1 aliphatic heterocycles. The number of thiazole rings is 1. The Morgan fingerprint density at radius 3 is 2.68 bits per heavy atom. The van der Waals surface area contributed by atoms with Gasteiger partial charge in [-0.05, 0) is 38.0 Å². The molecule has 174 valence electrons. The highest BCUT2D eigenvalue weighted by molar-refractivity contribution is 7.10. The van der Waals surface area contributed by atoms with E-state index in [0.717, 1.165) is 78.3 Å². The lowest BCUT2D eigenvalue weighted by molar-refractivity contribution is 0.455. The van der Waals surface area contributed by atoms with E-state index in [9.17, 15) is 9.90 Å². The fraction of sp³-hybridized carbons (Fsp3) is 0.348. The number of aromatic hydroxyl groups is 1. The summed E-state index contributed by atoms with van der Waals surface area (Å²) in [4.78, 5) is 33.2. The van der Waals surface area contributed by atoms with Gasteiger partial charge in [0, 0.05) is 43.2 Å². The molecule has 2 fully saturated rings. The predicted octanol–water partition coefficient (Wildman–Crippen LogP) is 0.826. The average molecular weight is 477 g/mol. The maximum absolute atomic E-state index is 11.6. The van der Waals surface area contributed by atoms with Crippen LogP contribution >= 0.6 is 11.3 Å². The number of aromatic nitrogens is 5. The van der Waals surface area contributed by atoms with Crippen molar-refractivity contribution >= 4 is 34.7 Å². The predicted molar refractivity (Wildman–Crippen MR) is 130 cm³/mol. The Balaban J connectivity index is 1.43. The van der Waals surface area contributed by atoms with Gasteiger partial charge in [-0.2, -0.15) is 9.61 Å². The van der Waals surface area contributed by atoms with Gasteiger partial charge in [-0.3, -0.25) is 14.8 Å². The Labute approximate surface area is 198 Å². The van der Waals surface area contributed by atoms with Gasteiger partial charge >= 0.3 is 4.87 Å². The third kappa shape index (κ3) is 3.81. The zero-order valence-corrected chi connectivity index (χ0v) is 19.5. The minimum Gasteiger partial charge on any atom is -0.493 e. The zero-order chi connectivity index (χ0) is 23.2. The van der Waals surface area contributed by atoms with Crippen molar-refractivity contribution in [2.45, 2.75) is 25.8 Å². The first-order chi connectivity index (χ1) is 16.6. The number of piperazine rings is 1. The van der Waals surface area contributed by atoms with Gasteiger partial charge < -0.3 is 14.9 Å². The fourth-order valence-electron chi connectivity index (χ4n) is 4.26. The number of H-pyrrole nitrogens is 1. The lowest BCUT2D eigenvalue weighted by Crippen LogP contribution is -2.48. The molecular weight excluding hydrogens is 452 g/mol. The molecule has 0 unspecified atom stereocenters. The van der Waals surface area contributed by atoms with Crippen molar-refractivity contribution in [2.75, 3.05) is 36.0 Å². The molecule has 0 atom stereocenters. The van der Waals surface area contributed by atoms with Gasteiger partial charge in [-0.15, -0.1) is 0 Å². The standard InChI is InChI=1S/C23H24N8O2S/c1-14-19(30-10-8-29(9-11-30)18-4-2-3-7-24-18)27-21-15(12-17-22(32)28-23(33)34-17)13-25-31(21)20(14)26-16-5-6-16/h2-4,7,12-13,16,32H,5-6,8-11H2,1H3,(H,28,33)/b15-12-,26-20?. The number of nitrogens with zero attached hydrogens (tertiary/aromatic N) is 7. The van der Waals surface area contributed by atoms with Gasteiger partial charge in [0.1, 0.15) is 11.6 Å². The van der Waals surface area contributed by atoms with E-state index >= 15 is 0 Å². The quantitative estimate of drug-likeness (QED) is 0.448. The molecule has 1 saturated heterocycles. The van der Waals surface area contributed by atoms with Crippen LogP contribution in [-0.2, 0) is 0 Å². The molecule has 0 spiro atoms. The Bertz CT molecular complexity index is 1530. The second-order valence-corrected chi connectivity index (χ2v) is 9.63. The van der Waals surface area contributed by atoms with Gasteiger partial charge in [0.05, 0.1) is 17.1 Å². The number of aromatic amines is 1. The van der Waals surface area contributed by atoms with Gasteiger partial charge in [-0.1, -0.05) is 17.4 Å². The second-order valence-electron chi connectivity index (χ2n) is 8.61. The molecule has 1 saturated carbocycles. The van der Waals surface area contributed by atoms with Crippen molar-refractivity contribution in [1.29, 1.82) is 0 Å². The van der Waals surface area contributed by atoms with E-state index in [-0.39, 0.29) is 10.8 Å². The van der Waals surface area contributed by atoms with E-state index in [1.54, 1.807) is 16.8 Å². The van der Waals surface area contributed by atoms with Crippen LogP contribution in [0.1, 0.15) is 23.3 Å². The molecule has 2 N–H and O–H groups in total. The summed E-state index contributed by atoms with van der Waals surface area (Å²) in [5.41, 5.74) is 2.49. The highest BCUT2D eigenvalue weighted by atomic mass is 32.1. The van der Waals surface area contributed by atoms with Gasteiger partial charge in [0.2, 0.25) is 5.88 Å². The largest absolute Gasteiger partial charge is 0.493 e. The van der Waals surface area contributed by atoms with E-state index in [4.69, 9.17) is 9.98 Å². The molecule has 5 heterocycles. The molecular formula is C23H24N8O2S. The zero-order valence-electron chi connectivity index (χ0n) is 18.7. The van der Waals surface area contributed by atoms with Crippen LogP contribution in [0.25, 0.3) is 11.7 Å². The summed E-state index contributed by atoms with van der Waals surface area (Å²) in [6.45, 7) is 5.39. The van der Waals surface area contributed by atoms with Crippen LogP contribution in [0.4, 0.5) is 11.6 Å². The summed E-state index contributed by atoms with van der Waals surface area (Å²) in [6.07, 6.45) is 7.45. The van der Waals surface area contributed by atoms with Crippen molar-refractivity contribution in [2.24, 2.45) is 4.99 Å². The van der Waals surface area contributed by atoms with Crippen molar-refractivity contribution < 1.29 is 5.11 Å². The van der Waals surface area contributed by atoms with Gasteiger partial charge in [0.25, 0.3) is 0 Å². The number of hydrogen-bond acceptors (Lipinski definition) is 9. The topological polar surface area (TPSA) is 115 Å². The highest BCUT2D eigenvalue weighted by Crippen LogP contribution is 2.24. The van der Waals surface area contributed by atoms with Crippen molar-refractivity contribution in [1.82, 2.24) is 24.6 Å². The van der Waals surface area contributed by atoms with Crippen LogP contribution in [0.3, 0.4) is 0 Å². The SMILES string of the molecule is Cc1c(N2CCN(c3ccccn3)CC2)nc2/c(=C\c3sc(=O)[nH]c3O)cnn2c1=NC1CC1. The van der Waals surface area contributed by atoms with Crippen LogP contribution < -0.4 is 25.4 Å². The van der Waals surface area contributed by atoms with Gasteiger partial charge in [-0.25, -0.2) is 9.97 Å². The highest BCUT2D eigenvalue weighted by Gasteiger charge is 2.25. The molecule has 0 bridgehead atoms. The number of rotatable bonds is 4. The smallest absolute Gasteiger partial charge is 0.307 e. The fourth-order valence-corrected chi connectivity index (χ4v) is 4.94. The summed E-state index contributed by atoms with van der Waals surface area (Å²) in [7, 11) is 0. The van der Waals surface area contributed by atoms with Crippen LogP contribution in [-0.4, -0.2) is 61.9 Å². The molecule has 0 radical (unpaired) electrons. The molecule has 11 heteroatoms. The lowest BCUT2D eigenvalue weighted by atomic mass is 10.2. The monoisotopic (exact) mass is 476 g/mol. The summed E-state index contributed by atoms with van der Waals surface area (Å²) in [5.74, 6) is 1.74. The van der Waals surface area contributed by atoms with Crippen molar-refractivity contribution in [3.63, 3.8) is 0 Å². The molecule has 1 aliphatic carbocycles. The van der Waals surface area contributed by atoms with E-state index in [1.165, 1.54) is 0 Å². The first kappa shape index (κ1) is 20.8. The minimum absolute atomic E-state index is 0.143. The number of pyridine rings is 1. The third-order valence-electron chi connectivity index (χ3n) is 6.20. The molecule has 2 aliphatic rings. The first-order valence-corrected chi connectivity index (χ1v) is 12.2. The van der Waals surface area contributed by atoms with E-state index in [1.807, 2.05) is 24.4 Å². The molecule has 34 heavy (non-hydrogen) atoms. The Kier molecular flexibility index (Phi) is 5.05. The maximum Gasteiger partial charge on any atom is 0.307 e. The molecule has 0 aromatic carbocycles. The average Bonchev–Trinajstić information content (AvgIpc) is 3.50.